The van der Waals surface area contributed by atoms with E-state index in [1.54, 1.807) is 18.3 Å². The summed E-state index contributed by atoms with van der Waals surface area (Å²) in [5.41, 5.74) is 2.18. The third kappa shape index (κ3) is 1.56. The van der Waals surface area contributed by atoms with Gasteiger partial charge in [0.1, 0.15) is 6.10 Å². The highest BCUT2D eigenvalue weighted by Gasteiger charge is 2.11. The fraction of sp³-hybridized carbons (Fsp3) is 0.333. The molecule has 0 saturated heterocycles. The van der Waals surface area contributed by atoms with E-state index in [1.807, 2.05) is 17.7 Å². The van der Waals surface area contributed by atoms with E-state index < -0.39 is 6.10 Å². The molecule has 0 radical (unpaired) electrons. The molecule has 0 saturated carbocycles. The number of nitrogens with zero attached hydrogens (tertiary/aromatic N) is 2. The van der Waals surface area contributed by atoms with Gasteiger partial charge in [-0.1, -0.05) is 0 Å². The number of H-pyrrole nitrogens is 1. The minimum atomic E-state index is -0.602. The van der Waals surface area contributed by atoms with Crippen LogP contribution in [-0.4, -0.2) is 20.3 Å². The largest absolute Gasteiger partial charge is 0.385 e. The van der Waals surface area contributed by atoms with Crippen LogP contribution in [0.4, 0.5) is 0 Å². The van der Waals surface area contributed by atoms with Crippen LogP contribution in [0.3, 0.4) is 0 Å². The van der Waals surface area contributed by atoms with Gasteiger partial charge in [0.2, 0.25) is 0 Å². The molecule has 0 fully saturated rings. The first kappa shape index (κ1) is 9.36. The molecule has 1 atom stereocenters. The summed E-state index contributed by atoms with van der Waals surface area (Å²) in [6.07, 6.45) is -0.602. The van der Waals surface area contributed by atoms with E-state index in [4.69, 9.17) is 0 Å². The van der Waals surface area contributed by atoms with Crippen LogP contribution in [0.1, 0.15) is 24.4 Å². The molecule has 2 N–H and O–H groups in total. The molecular formula is C9H11N3OS. The summed E-state index contributed by atoms with van der Waals surface area (Å²) in [6, 6.07) is 0. The molecule has 0 aliphatic carbocycles. The third-order valence-electron chi connectivity index (χ3n) is 1.99. The van der Waals surface area contributed by atoms with Gasteiger partial charge in [0, 0.05) is 10.9 Å². The number of rotatable bonds is 2. The summed E-state index contributed by atoms with van der Waals surface area (Å²) in [4.78, 5) is 4.20. The lowest BCUT2D eigenvalue weighted by molar-refractivity contribution is 0.189. The Morgan fingerprint density at radius 1 is 1.50 bits per heavy atom. The molecule has 0 aliphatic heterocycles. The van der Waals surface area contributed by atoms with E-state index in [2.05, 4.69) is 15.2 Å². The Kier molecular flexibility index (Phi) is 2.35. The first-order valence-corrected chi connectivity index (χ1v) is 5.26. The highest BCUT2D eigenvalue weighted by Crippen LogP contribution is 2.24. The molecule has 0 aliphatic rings. The summed E-state index contributed by atoms with van der Waals surface area (Å²) in [7, 11) is 0. The zero-order valence-corrected chi connectivity index (χ0v) is 8.80. The van der Waals surface area contributed by atoms with Gasteiger partial charge < -0.3 is 5.11 Å². The zero-order chi connectivity index (χ0) is 10.1. The molecule has 1 unspecified atom stereocenters. The third-order valence-corrected chi connectivity index (χ3v) is 2.86. The second-order valence-electron chi connectivity index (χ2n) is 3.19. The molecule has 2 rings (SSSR count). The van der Waals surface area contributed by atoms with Gasteiger partial charge in [0.25, 0.3) is 0 Å². The molecular weight excluding hydrogens is 198 g/mol. The number of hydrogen-bond acceptors (Lipinski definition) is 4. The average molecular weight is 209 g/mol. The van der Waals surface area contributed by atoms with Crippen molar-refractivity contribution in [2.75, 3.05) is 0 Å². The van der Waals surface area contributed by atoms with Crippen LogP contribution < -0.4 is 0 Å². The van der Waals surface area contributed by atoms with Gasteiger partial charge in [0.15, 0.2) is 11.6 Å². The van der Waals surface area contributed by atoms with Crippen molar-refractivity contribution in [3.05, 3.63) is 22.1 Å². The van der Waals surface area contributed by atoms with Crippen LogP contribution >= 0.6 is 11.3 Å². The predicted octanol–water partition coefficient (Wildman–Crippen LogP) is 1.89. The van der Waals surface area contributed by atoms with Crippen LogP contribution in [-0.2, 0) is 0 Å². The van der Waals surface area contributed by atoms with Crippen LogP contribution in [0.2, 0.25) is 0 Å². The molecule has 0 spiro atoms. The van der Waals surface area contributed by atoms with Crippen LogP contribution in [0.25, 0.3) is 11.4 Å². The van der Waals surface area contributed by atoms with Crippen molar-refractivity contribution in [3.63, 3.8) is 0 Å². The topological polar surface area (TPSA) is 61.8 Å². The number of hydrogen-bond donors (Lipinski definition) is 2. The summed E-state index contributed by atoms with van der Waals surface area (Å²) in [5.74, 6) is 1.16. The number of aryl methyl sites for hydroxylation is 1. The standard InChI is InChI=1S/C9H11N3OS/c1-5-3-14-4-7(5)9-10-8(6(2)13)11-12-9/h3-4,6,13H,1-2H3,(H,10,11,12). The summed E-state index contributed by atoms with van der Waals surface area (Å²) < 4.78 is 0. The highest BCUT2D eigenvalue weighted by atomic mass is 32.1. The minimum Gasteiger partial charge on any atom is -0.385 e. The maximum absolute atomic E-state index is 9.27. The van der Waals surface area contributed by atoms with Gasteiger partial charge >= 0.3 is 0 Å². The molecule has 0 aromatic carbocycles. The molecule has 4 nitrogen and oxygen atoms in total. The normalized spacial score (nSPS) is 13.1. The van der Waals surface area contributed by atoms with E-state index in [-0.39, 0.29) is 0 Å². The Balaban J connectivity index is 2.39. The fourth-order valence-electron chi connectivity index (χ4n) is 1.17. The van der Waals surface area contributed by atoms with Gasteiger partial charge in [-0.2, -0.15) is 16.4 Å². The quantitative estimate of drug-likeness (QED) is 0.794. The van der Waals surface area contributed by atoms with Crippen molar-refractivity contribution in [1.29, 1.82) is 0 Å². The number of aromatic nitrogens is 3. The van der Waals surface area contributed by atoms with Crippen molar-refractivity contribution < 1.29 is 5.11 Å². The maximum Gasteiger partial charge on any atom is 0.182 e. The van der Waals surface area contributed by atoms with Gasteiger partial charge in [-0.05, 0) is 24.8 Å². The summed E-state index contributed by atoms with van der Waals surface area (Å²) in [6.45, 7) is 3.68. The number of aliphatic hydroxyl groups excluding tert-OH is 1. The Morgan fingerprint density at radius 3 is 2.79 bits per heavy atom. The lowest BCUT2D eigenvalue weighted by Crippen LogP contribution is -1.93. The fourth-order valence-corrected chi connectivity index (χ4v) is 2.00. The van der Waals surface area contributed by atoms with E-state index in [0.29, 0.717) is 11.6 Å². The Morgan fingerprint density at radius 2 is 2.29 bits per heavy atom. The van der Waals surface area contributed by atoms with E-state index in [0.717, 1.165) is 11.1 Å². The van der Waals surface area contributed by atoms with Gasteiger partial charge in [-0.25, -0.2) is 4.98 Å². The number of aromatic amines is 1. The predicted molar refractivity (Wildman–Crippen MR) is 55.1 cm³/mol. The highest BCUT2D eigenvalue weighted by molar-refractivity contribution is 7.08. The maximum atomic E-state index is 9.27. The number of aliphatic hydroxyl groups is 1. The second-order valence-corrected chi connectivity index (χ2v) is 3.93. The lowest BCUT2D eigenvalue weighted by atomic mass is 10.2. The Hall–Kier alpha value is -1.20. The zero-order valence-electron chi connectivity index (χ0n) is 7.98. The Bertz CT molecular complexity index is 433. The van der Waals surface area contributed by atoms with E-state index >= 15 is 0 Å². The number of thiophene rings is 1. The van der Waals surface area contributed by atoms with Crippen LogP contribution in [0, 0.1) is 6.92 Å². The molecule has 0 bridgehead atoms. The molecule has 5 heteroatoms. The average Bonchev–Trinajstić information content (AvgIpc) is 2.71. The van der Waals surface area contributed by atoms with Gasteiger partial charge in [-0.15, -0.1) is 0 Å². The lowest BCUT2D eigenvalue weighted by Gasteiger charge is -1.94. The van der Waals surface area contributed by atoms with Crippen molar-refractivity contribution in [3.8, 4) is 11.4 Å². The van der Waals surface area contributed by atoms with Crippen molar-refractivity contribution in [2.45, 2.75) is 20.0 Å². The molecule has 0 amide bonds. The van der Waals surface area contributed by atoms with Gasteiger partial charge in [-0.3, -0.25) is 5.10 Å². The monoisotopic (exact) mass is 209 g/mol. The van der Waals surface area contributed by atoms with E-state index in [9.17, 15) is 5.11 Å². The Labute approximate surface area is 85.6 Å². The summed E-state index contributed by atoms with van der Waals surface area (Å²) in [5, 5.41) is 20.1. The van der Waals surface area contributed by atoms with Crippen molar-refractivity contribution in [1.82, 2.24) is 15.2 Å². The first-order chi connectivity index (χ1) is 6.68. The minimum absolute atomic E-state index is 0.505. The SMILES string of the molecule is Cc1cscc1-c1n[nH]c(C(C)O)n1. The molecule has 2 heterocycles. The molecule has 14 heavy (non-hydrogen) atoms. The van der Waals surface area contributed by atoms with E-state index in [1.165, 1.54) is 0 Å². The van der Waals surface area contributed by atoms with Gasteiger partial charge in [0.05, 0.1) is 0 Å². The molecule has 74 valence electrons. The summed E-state index contributed by atoms with van der Waals surface area (Å²) >= 11 is 1.62. The van der Waals surface area contributed by atoms with Crippen molar-refractivity contribution >= 4 is 11.3 Å². The smallest absolute Gasteiger partial charge is 0.182 e. The van der Waals surface area contributed by atoms with Crippen LogP contribution in [0.5, 0.6) is 0 Å². The van der Waals surface area contributed by atoms with Crippen LogP contribution in [0.15, 0.2) is 10.8 Å². The number of nitrogens with one attached hydrogen (secondary N) is 1. The molecule has 2 aromatic rings. The first-order valence-electron chi connectivity index (χ1n) is 4.32. The molecule has 2 aromatic heterocycles. The van der Waals surface area contributed by atoms with Crippen molar-refractivity contribution in [2.24, 2.45) is 0 Å². The second kappa shape index (κ2) is 3.51.